The number of phosphoric ester groups is 1. The highest BCUT2D eigenvalue weighted by Crippen LogP contribution is 2.66. The van der Waals surface area contributed by atoms with Crippen LogP contribution in [0, 0.1) is 0 Å². The molecule has 1 aromatic carbocycles. The highest BCUT2D eigenvalue weighted by Gasteiger charge is 2.47. The summed E-state index contributed by atoms with van der Waals surface area (Å²) in [6.45, 7) is -0.520. The first-order valence-corrected chi connectivity index (χ1v) is 16.7. The van der Waals surface area contributed by atoms with E-state index in [0.29, 0.717) is 6.54 Å². The molecule has 19 nitrogen and oxygen atoms in total. The van der Waals surface area contributed by atoms with Crippen LogP contribution >= 0.6 is 23.5 Å². The molecule has 2 aromatic heterocycles. The first-order valence-electron chi connectivity index (χ1n) is 12.2. The zero-order valence-corrected chi connectivity index (χ0v) is 24.1. The van der Waals surface area contributed by atoms with Gasteiger partial charge >= 0.3 is 23.5 Å². The van der Waals surface area contributed by atoms with Gasteiger partial charge in [0.15, 0.2) is 17.4 Å². The number of imidazole rings is 1. The van der Waals surface area contributed by atoms with Crippen LogP contribution < -0.4 is 10.9 Å². The fourth-order valence-electron chi connectivity index (χ4n) is 4.07. The molecule has 3 unspecified atom stereocenters. The Kier molecular flexibility index (Phi) is 10.2. The number of unbranched alkanes of at least 4 members (excludes halogenated alkanes) is 1. The third kappa shape index (κ3) is 8.61. The van der Waals surface area contributed by atoms with Crippen molar-refractivity contribution in [3.63, 3.8) is 0 Å². The Bertz CT molecular complexity index is 1580. The highest BCUT2D eigenvalue weighted by atomic mass is 31.3. The van der Waals surface area contributed by atoms with E-state index in [0.717, 1.165) is 30.2 Å². The summed E-state index contributed by atoms with van der Waals surface area (Å²) in [5.74, 6) is 0.117. The van der Waals surface area contributed by atoms with E-state index in [4.69, 9.17) is 14.5 Å². The van der Waals surface area contributed by atoms with E-state index >= 15 is 0 Å². The summed E-state index contributed by atoms with van der Waals surface area (Å²) in [7, 11) is -16.8. The number of aryl methyl sites for hydroxylation is 1. The van der Waals surface area contributed by atoms with Crippen LogP contribution in [0.5, 0.6) is 0 Å². The maximum Gasteiger partial charge on any atom is 0.490 e. The van der Waals surface area contributed by atoms with Gasteiger partial charge in [-0.1, -0.05) is 30.3 Å². The number of aliphatic hydroxyl groups is 2. The smallest absolute Gasteiger partial charge is 0.387 e. The van der Waals surface area contributed by atoms with Crippen LogP contribution in [0.25, 0.3) is 11.2 Å². The Morgan fingerprint density at radius 1 is 1.00 bits per heavy atom. The number of nitrogens with zero attached hydrogens (tertiary/aromatic N) is 3. The Balaban J connectivity index is 1.39. The van der Waals surface area contributed by atoms with Crippen molar-refractivity contribution in [3.8, 4) is 0 Å². The lowest BCUT2D eigenvalue weighted by Gasteiger charge is -2.19. The first kappa shape index (κ1) is 32.6. The normalized spacial score (nSPS) is 24.0. The fourth-order valence-corrected chi connectivity index (χ4v) is 7.10. The quantitative estimate of drug-likeness (QED) is 0.0867. The maximum absolute atomic E-state index is 12.6. The third-order valence-corrected chi connectivity index (χ3v) is 9.69. The first-order chi connectivity index (χ1) is 19.6. The average Bonchev–Trinajstić information content (AvgIpc) is 3.42. The maximum atomic E-state index is 12.6. The van der Waals surface area contributed by atoms with Crippen LogP contribution in [0.15, 0.2) is 41.5 Å². The third-order valence-electron chi connectivity index (χ3n) is 5.89. The van der Waals surface area contributed by atoms with Gasteiger partial charge in [-0.2, -0.15) is 13.6 Å². The number of ether oxygens (including phenoxy) is 1. The summed E-state index contributed by atoms with van der Waals surface area (Å²) in [6.07, 6.45) is -2.73. The fraction of sp³-hybridized carbons (Fsp3) is 0.450. The summed E-state index contributed by atoms with van der Waals surface area (Å²) >= 11 is 0. The van der Waals surface area contributed by atoms with Gasteiger partial charge in [0.25, 0.3) is 5.56 Å². The molecule has 0 bridgehead atoms. The van der Waals surface area contributed by atoms with Crippen molar-refractivity contribution in [2.75, 3.05) is 18.5 Å². The van der Waals surface area contributed by atoms with Gasteiger partial charge in [-0.05, 0) is 24.8 Å². The van der Waals surface area contributed by atoms with Crippen LogP contribution in [-0.4, -0.2) is 80.8 Å². The van der Waals surface area contributed by atoms with Gasteiger partial charge < -0.3 is 39.8 Å². The summed E-state index contributed by atoms with van der Waals surface area (Å²) < 4.78 is 52.6. The van der Waals surface area contributed by atoms with E-state index in [1.807, 2.05) is 30.3 Å². The molecule has 6 atom stereocenters. The van der Waals surface area contributed by atoms with Crippen molar-refractivity contribution in [1.82, 2.24) is 19.5 Å². The Morgan fingerprint density at radius 3 is 2.40 bits per heavy atom. The molecule has 232 valence electrons. The molecule has 1 aliphatic heterocycles. The van der Waals surface area contributed by atoms with Crippen LogP contribution in [0.2, 0.25) is 0 Å². The lowest BCUT2D eigenvalue weighted by molar-refractivity contribution is -0.0503. The minimum absolute atomic E-state index is 0.0182. The summed E-state index contributed by atoms with van der Waals surface area (Å²) in [5, 5.41) is 24.0. The number of aliphatic hydroxyl groups excluding tert-OH is 2. The largest absolute Gasteiger partial charge is 0.490 e. The van der Waals surface area contributed by atoms with Crippen molar-refractivity contribution in [1.29, 1.82) is 0 Å². The number of phosphoric acid groups is 3. The number of hydrogen-bond donors (Lipinski definition) is 8. The molecule has 3 heterocycles. The Labute approximate surface area is 236 Å². The van der Waals surface area contributed by atoms with E-state index in [9.17, 15) is 38.5 Å². The number of fused-ring (bicyclic) bond motifs is 1. The SMILES string of the molecule is O=c1[nH]c(NCCCCc2ccccc2)nc2c1ncn2C1O[C@@H](COP(=O)(O)OP(=O)(O)OP(=O)(O)O)[C@H](O)[C@@H]1O. The number of nitrogens with one attached hydrogen (secondary N) is 2. The molecule has 0 radical (unpaired) electrons. The number of H-pyrrole nitrogens is 1. The standard InChI is InChI=1S/C20H28N5O14P3/c26-15-13(10-36-41(32,33)39-42(34,35)38-40(29,30)31)37-19(16(15)27)25-11-22-14-17(25)23-20(24-18(14)28)21-9-5-4-8-12-6-2-1-3-7-12/h1-3,6-7,11,13,15-16,19,26-27H,4-5,8-10H2,(H,32,33)(H,34,35)(H2,29,30,31)(H2,21,23,24,28)/t13-,15-,16-,19?/m0/s1. The van der Waals surface area contributed by atoms with Crippen LogP contribution in [0.4, 0.5) is 5.95 Å². The molecule has 8 N–H and O–H groups in total. The van der Waals surface area contributed by atoms with Crippen molar-refractivity contribution < 1.29 is 61.4 Å². The van der Waals surface area contributed by atoms with Gasteiger partial charge in [-0.25, -0.2) is 18.7 Å². The number of benzene rings is 1. The minimum Gasteiger partial charge on any atom is -0.387 e. The van der Waals surface area contributed by atoms with Crippen LogP contribution in [0.3, 0.4) is 0 Å². The van der Waals surface area contributed by atoms with E-state index in [1.165, 1.54) is 5.56 Å². The molecule has 0 amide bonds. The average molecular weight is 655 g/mol. The molecule has 1 fully saturated rings. The molecule has 0 saturated carbocycles. The van der Waals surface area contributed by atoms with Gasteiger partial charge in [-0.3, -0.25) is 18.9 Å². The number of anilines is 1. The second-order valence-corrected chi connectivity index (χ2v) is 13.5. The number of aromatic nitrogens is 4. The van der Waals surface area contributed by atoms with E-state index in [-0.39, 0.29) is 17.1 Å². The summed E-state index contributed by atoms with van der Waals surface area (Å²) in [6, 6.07) is 9.92. The van der Waals surface area contributed by atoms with Gasteiger partial charge in [-0.15, -0.1) is 0 Å². The zero-order valence-electron chi connectivity index (χ0n) is 21.4. The molecule has 4 rings (SSSR count). The van der Waals surface area contributed by atoms with Crippen LogP contribution in [-0.2, 0) is 38.0 Å². The molecule has 0 spiro atoms. The van der Waals surface area contributed by atoms with E-state index < -0.39 is 60.2 Å². The molecule has 22 heteroatoms. The predicted octanol–water partition coefficient (Wildman–Crippen LogP) is 0.517. The van der Waals surface area contributed by atoms with Crippen LogP contribution in [0.1, 0.15) is 24.6 Å². The van der Waals surface area contributed by atoms with Gasteiger partial charge in [0, 0.05) is 6.54 Å². The minimum atomic E-state index is -5.75. The predicted molar refractivity (Wildman–Crippen MR) is 142 cm³/mol. The summed E-state index contributed by atoms with van der Waals surface area (Å²) in [5.41, 5.74) is 0.483. The molecule has 42 heavy (non-hydrogen) atoms. The van der Waals surface area contributed by atoms with Gasteiger partial charge in [0.05, 0.1) is 12.9 Å². The van der Waals surface area contributed by atoms with Gasteiger partial charge in [0.2, 0.25) is 5.95 Å². The Morgan fingerprint density at radius 2 is 1.71 bits per heavy atom. The zero-order chi connectivity index (χ0) is 30.7. The topological polar surface area (TPSA) is 285 Å². The van der Waals surface area contributed by atoms with E-state index in [2.05, 4.69) is 33.4 Å². The van der Waals surface area contributed by atoms with E-state index in [1.54, 1.807) is 0 Å². The molecule has 1 aliphatic rings. The van der Waals surface area contributed by atoms with Crippen molar-refractivity contribution in [2.45, 2.75) is 43.8 Å². The lowest BCUT2D eigenvalue weighted by Crippen LogP contribution is -2.33. The second kappa shape index (κ2) is 13.1. The molecule has 1 saturated heterocycles. The summed E-state index contributed by atoms with van der Waals surface area (Å²) in [4.78, 5) is 59.5. The number of aromatic amines is 1. The molecule has 0 aliphatic carbocycles. The monoisotopic (exact) mass is 655 g/mol. The number of rotatable bonds is 14. The van der Waals surface area contributed by atoms with Crippen molar-refractivity contribution in [2.24, 2.45) is 0 Å². The van der Waals surface area contributed by atoms with Gasteiger partial charge in [0.1, 0.15) is 18.3 Å². The Hall–Kier alpha value is -2.34. The highest BCUT2D eigenvalue weighted by molar-refractivity contribution is 7.66. The molecular formula is C20H28N5O14P3. The number of hydrogen-bond acceptors (Lipinski definition) is 13. The molecular weight excluding hydrogens is 627 g/mol. The second-order valence-electron chi connectivity index (χ2n) is 9.04. The lowest BCUT2D eigenvalue weighted by atomic mass is 10.1. The molecule has 3 aromatic rings. The van der Waals surface area contributed by atoms with Crippen molar-refractivity contribution in [3.05, 3.63) is 52.6 Å². The van der Waals surface area contributed by atoms with Crippen molar-refractivity contribution >= 4 is 40.6 Å².